The monoisotopic (exact) mass is 534 g/mol. The third kappa shape index (κ3) is 6.01. The van der Waals surface area contributed by atoms with E-state index in [1.165, 1.54) is 18.2 Å². The first-order valence-electron chi connectivity index (χ1n) is 13.5. The van der Waals surface area contributed by atoms with Gasteiger partial charge in [-0.1, -0.05) is 13.8 Å². The number of nitrogens with one attached hydrogen (secondary N) is 1. The minimum Gasteiger partial charge on any atom is -0.489 e. The highest BCUT2D eigenvalue weighted by atomic mass is 16.5. The molecular formula is C28H34N6O5. The van der Waals surface area contributed by atoms with Crippen LogP contribution in [-0.4, -0.2) is 65.5 Å². The summed E-state index contributed by atoms with van der Waals surface area (Å²) in [6.45, 7) is 5.23. The number of aldehydes is 1. The van der Waals surface area contributed by atoms with E-state index < -0.39 is 12.1 Å². The number of hydrogen-bond donors (Lipinski definition) is 1. The van der Waals surface area contributed by atoms with E-state index in [0.717, 1.165) is 24.8 Å². The summed E-state index contributed by atoms with van der Waals surface area (Å²) in [4.78, 5) is 49.5. The number of rotatable bonds is 7. The molecule has 2 fully saturated rings. The number of ether oxygens (including phenoxy) is 2. The van der Waals surface area contributed by atoms with Crippen LogP contribution < -0.4 is 15.0 Å². The summed E-state index contributed by atoms with van der Waals surface area (Å²) in [7, 11) is 1.51. The normalized spacial score (nSPS) is 18.3. The number of carbonyl (C=O) groups excluding carboxylic acids is 3. The second kappa shape index (κ2) is 12.7. The maximum absolute atomic E-state index is 13.2. The summed E-state index contributed by atoms with van der Waals surface area (Å²) >= 11 is 0. The standard InChI is InChI=1S/C26H28N6O5.C2H6/c1-36-21-7-9-31(25(21)34)14-17-10-16-4-3-8-32(24(16)29-20(17)15-33)26(35)30-23-11-22(18(12-27)13-28-23)37-19-5-2-6-19;1-2/h10-11,13,15,19,21H,2-9,14H2,1H3,(H,28,30,35);1-2H3. The van der Waals surface area contributed by atoms with Crippen molar-refractivity contribution in [1.82, 2.24) is 14.9 Å². The molecular weight excluding hydrogens is 500 g/mol. The molecule has 3 aliphatic rings. The molecule has 5 rings (SSSR count). The Kier molecular flexibility index (Phi) is 9.09. The third-order valence-electron chi connectivity index (χ3n) is 7.09. The lowest BCUT2D eigenvalue weighted by Gasteiger charge is -2.30. The zero-order valence-electron chi connectivity index (χ0n) is 22.6. The van der Waals surface area contributed by atoms with Gasteiger partial charge in [-0.2, -0.15) is 5.26 Å². The van der Waals surface area contributed by atoms with Crippen molar-refractivity contribution in [2.45, 2.75) is 71.1 Å². The number of anilines is 2. The average Bonchev–Trinajstić information content (AvgIpc) is 3.29. The number of pyridine rings is 2. The number of hydrogen-bond acceptors (Lipinski definition) is 8. The first-order valence-corrected chi connectivity index (χ1v) is 13.5. The molecule has 0 radical (unpaired) electrons. The molecule has 2 aliphatic heterocycles. The molecule has 1 aliphatic carbocycles. The number of fused-ring (bicyclic) bond motifs is 1. The van der Waals surface area contributed by atoms with Crippen LogP contribution in [0.15, 0.2) is 18.3 Å². The summed E-state index contributed by atoms with van der Waals surface area (Å²) in [6, 6.07) is 5.06. The van der Waals surface area contributed by atoms with Gasteiger partial charge in [0.1, 0.15) is 40.8 Å². The molecule has 0 bridgehead atoms. The Balaban J connectivity index is 0.00000172. The second-order valence-electron chi connectivity index (χ2n) is 9.44. The number of nitrogens with zero attached hydrogens (tertiary/aromatic N) is 5. The van der Waals surface area contributed by atoms with Gasteiger partial charge < -0.3 is 14.4 Å². The van der Waals surface area contributed by atoms with Crippen LogP contribution in [0.4, 0.5) is 16.4 Å². The van der Waals surface area contributed by atoms with E-state index >= 15 is 0 Å². The van der Waals surface area contributed by atoms with Crippen molar-refractivity contribution in [2.24, 2.45) is 0 Å². The van der Waals surface area contributed by atoms with Crippen LogP contribution >= 0.6 is 0 Å². The number of methoxy groups -OCH3 is 1. The molecule has 39 heavy (non-hydrogen) atoms. The van der Waals surface area contributed by atoms with Crippen molar-refractivity contribution in [1.29, 1.82) is 5.26 Å². The zero-order valence-corrected chi connectivity index (χ0v) is 22.6. The Bertz CT molecular complexity index is 1270. The van der Waals surface area contributed by atoms with E-state index in [-0.39, 0.29) is 30.1 Å². The van der Waals surface area contributed by atoms with Crippen LogP contribution in [0.5, 0.6) is 5.75 Å². The average molecular weight is 535 g/mol. The van der Waals surface area contributed by atoms with Gasteiger partial charge in [0.25, 0.3) is 5.91 Å². The van der Waals surface area contributed by atoms with Gasteiger partial charge in [-0.15, -0.1) is 0 Å². The fourth-order valence-corrected chi connectivity index (χ4v) is 4.81. The molecule has 2 aromatic rings. The molecule has 3 amide bonds. The van der Waals surface area contributed by atoms with E-state index in [1.807, 2.05) is 19.9 Å². The molecule has 4 heterocycles. The summed E-state index contributed by atoms with van der Waals surface area (Å²) in [5.41, 5.74) is 1.98. The maximum atomic E-state index is 13.2. The van der Waals surface area contributed by atoms with Gasteiger partial charge in [-0.25, -0.2) is 14.8 Å². The molecule has 206 valence electrons. The van der Waals surface area contributed by atoms with Crippen molar-refractivity contribution in [3.63, 3.8) is 0 Å². The van der Waals surface area contributed by atoms with Crippen molar-refractivity contribution in [2.75, 3.05) is 30.4 Å². The number of urea groups is 1. The van der Waals surface area contributed by atoms with Gasteiger partial charge in [0, 0.05) is 44.8 Å². The predicted molar refractivity (Wildman–Crippen MR) is 144 cm³/mol. The van der Waals surface area contributed by atoms with Crippen LogP contribution in [0, 0.1) is 11.3 Å². The minimum absolute atomic E-state index is 0.0726. The van der Waals surface area contributed by atoms with Crippen molar-refractivity contribution in [3.05, 3.63) is 40.7 Å². The highest BCUT2D eigenvalue weighted by molar-refractivity contribution is 6.01. The smallest absolute Gasteiger partial charge is 0.328 e. The lowest BCUT2D eigenvalue weighted by Crippen LogP contribution is -2.40. The molecule has 1 saturated heterocycles. The highest BCUT2D eigenvalue weighted by Gasteiger charge is 2.33. The molecule has 1 N–H and O–H groups in total. The van der Waals surface area contributed by atoms with Crippen LogP contribution in [0.25, 0.3) is 0 Å². The van der Waals surface area contributed by atoms with Crippen molar-refractivity contribution in [3.8, 4) is 11.8 Å². The van der Waals surface area contributed by atoms with Gasteiger partial charge in [0.05, 0.1) is 12.3 Å². The van der Waals surface area contributed by atoms with Crippen LogP contribution in [-0.2, 0) is 22.5 Å². The molecule has 0 aromatic carbocycles. The van der Waals surface area contributed by atoms with E-state index in [2.05, 4.69) is 21.4 Å². The zero-order chi connectivity index (χ0) is 27.9. The van der Waals surface area contributed by atoms with Gasteiger partial charge in [-0.05, 0) is 43.7 Å². The van der Waals surface area contributed by atoms with Gasteiger partial charge in [-0.3, -0.25) is 19.8 Å². The lowest BCUT2D eigenvalue weighted by atomic mass is 9.96. The molecule has 1 unspecified atom stereocenters. The summed E-state index contributed by atoms with van der Waals surface area (Å²) < 4.78 is 11.1. The number of carbonyl (C=O) groups is 3. The summed E-state index contributed by atoms with van der Waals surface area (Å²) in [5, 5.41) is 12.2. The first kappa shape index (κ1) is 28.0. The Morgan fingerprint density at radius 3 is 2.67 bits per heavy atom. The van der Waals surface area contributed by atoms with E-state index in [9.17, 15) is 19.6 Å². The Hall–Kier alpha value is -4.04. The van der Waals surface area contributed by atoms with Crippen molar-refractivity contribution >= 4 is 29.9 Å². The Labute approximate surface area is 228 Å². The maximum Gasteiger partial charge on any atom is 0.328 e. The molecule has 1 saturated carbocycles. The van der Waals surface area contributed by atoms with Gasteiger partial charge in [0.15, 0.2) is 6.29 Å². The molecule has 2 aromatic heterocycles. The van der Waals surface area contributed by atoms with Crippen LogP contribution in [0.2, 0.25) is 0 Å². The Morgan fingerprint density at radius 2 is 2.03 bits per heavy atom. The number of amides is 3. The van der Waals surface area contributed by atoms with E-state index in [1.54, 1.807) is 11.0 Å². The second-order valence-corrected chi connectivity index (χ2v) is 9.44. The Morgan fingerprint density at radius 1 is 1.23 bits per heavy atom. The van der Waals surface area contributed by atoms with Crippen molar-refractivity contribution < 1.29 is 23.9 Å². The SMILES string of the molecule is CC.COC1CCN(Cc2cc3c(nc2C=O)N(C(=O)Nc2cc(OC4CCC4)c(C#N)cn2)CCC3)C1=O. The quantitative estimate of drug-likeness (QED) is 0.529. The van der Waals surface area contributed by atoms with Gasteiger partial charge >= 0.3 is 6.03 Å². The number of likely N-dealkylation sites (tertiary alicyclic amines) is 1. The fourth-order valence-electron chi connectivity index (χ4n) is 4.81. The molecule has 11 nitrogen and oxygen atoms in total. The number of aryl methyl sites for hydroxylation is 1. The third-order valence-corrected chi connectivity index (χ3v) is 7.09. The molecule has 11 heteroatoms. The lowest BCUT2D eigenvalue weighted by molar-refractivity contribution is -0.136. The largest absolute Gasteiger partial charge is 0.489 e. The van der Waals surface area contributed by atoms with Crippen LogP contribution in [0.1, 0.15) is 73.1 Å². The van der Waals surface area contributed by atoms with E-state index in [0.29, 0.717) is 61.3 Å². The number of nitriles is 1. The summed E-state index contributed by atoms with van der Waals surface area (Å²) in [6.07, 6.45) is 6.63. The molecule has 0 spiro atoms. The highest BCUT2D eigenvalue weighted by Crippen LogP contribution is 2.31. The topological polar surface area (TPSA) is 138 Å². The number of aromatic nitrogens is 2. The van der Waals surface area contributed by atoms with E-state index in [4.69, 9.17) is 9.47 Å². The fraction of sp³-hybridized carbons (Fsp3) is 0.500. The van der Waals surface area contributed by atoms with Crippen LogP contribution in [0.3, 0.4) is 0 Å². The summed E-state index contributed by atoms with van der Waals surface area (Å²) in [5.74, 6) is 0.970. The molecule has 1 atom stereocenters. The minimum atomic E-state index is -0.458. The first-order chi connectivity index (χ1) is 19.0. The predicted octanol–water partition coefficient (Wildman–Crippen LogP) is 3.85. The van der Waals surface area contributed by atoms with Gasteiger partial charge in [0.2, 0.25) is 0 Å².